The Labute approximate surface area is 125 Å². The quantitative estimate of drug-likeness (QED) is 0.505. The van der Waals surface area contributed by atoms with E-state index < -0.39 is 0 Å². The number of aliphatic hydroxyl groups is 2. The van der Waals surface area contributed by atoms with Crippen LogP contribution in [0.3, 0.4) is 0 Å². The van der Waals surface area contributed by atoms with Crippen LogP contribution < -0.4 is 0 Å². The van der Waals surface area contributed by atoms with Crippen molar-refractivity contribution in [3.63, 3.8) is 0 Å². The van der Waals surface area contributed by atoms with E-state index in [4.69, 9.17) is 14.9 Å². The van der Waals surface area contributed by atoms with Gasteiger partial charge in [0.1, 0.15) is 0 Å². The van der Waals surface area contributed by atoms with E-state index in [0.717, 1.165) is 14.2 Å². The van der Waals surface area contributed by atoms with Crippen molar-refractivity contribution in [2.24, 2.45) is 0 Å². The summed E-state index contributed by atoms with van der Waals surface area (Å²) in [6.45, 7) is 3.96. The van der Waals surface area contributed by atoms with Gasteiger partial charge in [-0.1, -0.05) is 18.2 Å². The van der Waals surface area contributed by atoms with Gasteiger partial charge in [0.05, 0.1) is 12.2 Å². The number of rotatable bonds is 3. The Hall–Kier alpha value is -0.676. The molecule has 18 heavy (non-hydrogen) atoms. The molecule has 0 spiro atoms. The molecule has 0 aliphatic carbocycles. The first-order valence-corrected chi connectivity index (χ1v) is 4.75. The molecular formula is C13H22O4Ti. The Morgan fingerprint density at radius 1 is 1.17 bits per heavy atom. The molecule has 0 aromatic heterocycles. The van der Waals surface area contributed by atoms with Gasteiger partial charge in [0, 0.05) is 14.2 Å². The van der Waals surface area contributed by atoms with Gasteiger partial charge in [-0.3, -0.25) is 0 Å². The zero-order chi connectivity index (χ0) is 12.8. The average Bonchev–Trinajstić information content (AvgIpc) is 2.41. The van der Waals surface area contributed by atoms with E-state index in [1.54, 1.807) is 24.3 Å². The van der Waals surface area contributed by atoms with Crippen LogP contribution in [0.4, 0.5) is 0 Å². The summed E-state index contributed by atoms with van der Waals surface area (Å²) in [7, 11) is 2.00. The SMILES string of the molecule is CO.CO.[CH2-]CCOC(=O)c1ccccc1.[CH3-].[Ti+2]. The Morgan fingerprint density at radius 3 is 2.00 bits per heavy atom. The summed E-state index contributed by atoms with van der Waals surface area (Å²) in [5, 5.41) is 14.0. The molecule has 0 saturated carbocycles. The fourth-order valence-corrected chi connectivity index (χ4v) is 0.822. The normalized spacial score (nSPS) is 6.94. The number of carbonyl (C=O) groups excluding carboxylic acids is 1. The maximum Gasteiger partial charge on any atom is 2.00 e. The molecule has 0 unspecified atom stereocenters. The standard InChI is InChI=1S/C10H11O2.2CH4O.CH3.Ti/c1-2-8-12-10(11)9-6-4-3-5-7-9;2*1-2;;/h3-7H,1-2,8H2;2*2H,1H3;1H3;/q-1;;;-1;+2. The van der Waals surface area contributed by atoms with E-state index in [0.29, 0.717) is 18.6 Å². The van der Waals surface area contributed by atoms with Gasteiger partial charge < -0.3 is 29.3 Å². The molecule has 1 aromatic carbocycles. The van der Waals surface area contributed by atoms with Gasteiger partial charge in [0.15, 0.2) is 0 Å². The fourth-order valence-electron chi connectivity index (χ4n) is 0.822. The van der Waals surface area contributed by atoms with E-state index in [9.17, 15) is 4.79 Å². The first kappa shape index (κ1) is 26.0. The molecule has 0 aliphatic heterocycles. The number of carbonyl (C=O) groups is 1. The Kier molecular flexibility index (Phi) is 31.2. The summed E-state index contributed by atoms with van der Waals surface area (Å²) in [6, 6.07) is 8.93. The monoisotopic (exact) mass is 290 g/mol. The van der Waals surface area contributed by atoms with Crippen LogP contribution in [-0.2, 0) is 26.5 Å². The summed E-state index contributed by atoms with van der Waals surface area (Å²) in [6.07, 6.45) is 0.610. The molecule has 0 aliphatic rings. The zero-order valence-electron chi connectivity index (χ0n) is 11.2. The molecule has 0 fully saturated rings. The molecule has 0 heterocycles. The van der Waals surface area contributed by atoms with Crippen LogP contribution in [-0.4, -0.2) is 37.0 Å². The fraction of sp³-hybridized carbons (Fsp3) is 0.308. The summed E-state index contributed by atoms with van der Waals surface area (Å²) < 4.78 is 4.88. The van der Waals surface area contributed by atoms with Gasteiger partial charge in [-0.05, 0) is 12.1 Å². The van der Waals surface area contributed by atoms with E-state index in [1.165, 1.54) is 0 Å². The van der Waals surface area contributed by atoms with Gasteiger partial charge in [-0.15, -0.1) is 6.42 Å². The van der Waals surface area contributed by atoms with Crippen molar-refractivity contribution in [3.8, 4) is 0 Å². The first-order valence-electron chi connectivity index (χ1n) is 4.75. The largest absolute Gasteiger partial charge is 2.00 e. The summed E-state index contributed by atoms with van der Waals surface area (Å²) in [5.41, 5.74) is 0.589. The summed E-state index contributed by atoms with van der Waals surface area (Å²) in [4.78, 5) is 11.2. The number of hydrogen-bond donors (Lipinski definition) is 2. The van der Waals surface area contributed by atoms with Gasteiger partial charge in [0.2, 0.25) is 0 Å². The molecular weight excluding hydrogens is 268 g/mol. The van der Waals surface area contributed by atoms with Crippen molar-refractivity contribution in [3.05, 3.63) is 50.2 Å². The van der Waals surface area contributed by atoms with Crippen LogP contribution in [0.1, 0.15) is 16.8 Å². The molecule has 2 N–H and O–H groups in total. The molecule has 1 rings (SSSR count). The Bertz CT molecular complexity index is 252. The zero-order valence-corrected chi connectivity index (χ0v) is 12.8. The van der Waals surface area contributed by atoms with Crippen molar-refractivity contribution < 1.29 is 41.5 Å². The topological polar surface area (TPSA) is 66.8 Å². The van der Waals surface area contributed by atoms with Gasteiger partial charge in [0.25, 0.3) is 0 Å². The second-order valence-corrected chi connectivity index (χ2v) is 2.36. The second-order valence-electron chi connectivity index (χ2n) is 2.36. The van der Waals surface area contributed by atoms with Crippen molar-refractivity contribution in [2.75, 3.05) is 20.8 Å². The molecule has 0 saturated heterocycles. The minimum absolute atomic E-state index is 0. The molecule has 4 nitrogen and oxygen atoms in total. The predicted molar refractivity (Wildman–Crippen MR) is 69.4 cm³/mol. The number of hydrogen-bond acceptors (Lipinski definition) is 4. The number of esters is 1. The average molecular weight is 290 g/mol. The maximum atomic E-state index is 11.2. The van der Waals surface area contributed by atoms with Crippen molar-refractivity contribution in [2.45, 2.75) is 6.42 Å². The second kappa shape index (κ2) is 21.6. The summed E-state index contributed by atoms with van der Waals surface area (Å²) in [5.74, 6) is -0.278. The molecule has 5 heteroatoms. The number of ether oxygens (including phenoxy) is 1. The van der Waals surface area contributed by atoms with Gasteiger partial charge in [-0.25, -0.2) is 4.79 Å². The van der Waals surface area contributed by atoms with E-state index in [2.05, 4.69) is 6.92 Å². The smallest absolute Gasteiger partial charge is 0.465 e. The van der Waals surface area contributed by atoms with Crippen LogP contribution in [0.5, 0.6) is 0 Å². The van der Waals surface area contributed by atoms with Crippen LogP contribution in [0.15, 0.2) is 30.3 Å². The first-order chi connectivity index (χ1) is 7.84. The number of benzene rings is 1. The van der Waals surface area contributed by atoms with E-state index in [-0.39, 0.29) is 35.1 Å². The predicted octanol–water partition coefficient (Wildman–Crippen LogP) is 1.73. The molecule has 0 amide bonds. The minimum atomic E-state index is -0.278. The molecule has 0 atom stereocenters. The minimum Gasteiger partial charge on any atom is -0.465 e. The van der Waals surface area contributed by atoms with Crippen molar-refractivity contribution >= 4 is 5.97 Å². The van der Waals surface area contributed by atoms with Gasteiger partial charge >= 0.3 is 27.7 Å². The van der Waals surface area contributed by atoms with Crippen molar-refractivity contribution in [1.29, 1.82) is 0 Å². The van der Waals surface area contributed by atoms with Crippen molar-refractivity contribution in [1.82, 2.24) is 0 Å². The van der Waals surface area contributed by atoms with Crippen LogP contribution >= 0.6 is 0 Å². The molecule has 0 radical (unpaired) electrons. The Balaban J connectivity index is -0.000000149. The molecule has 0 bridgehead atoms. The van der Waals surface area contributed by atoms with Crippen LogP contribution in [0.2, 0.25) is 0 Å². The summed E-state index contributed by atoms with van der Waals surface area (Å²) >= 11 is 0. The maximum absolute atomic E-state index is 11.2. The Morgan fingerprint density at radius 2 is 1.61 bits per heavy atom. The van der Waals surface area contributed by atoms with E-state index in [1.807, 2.05) is 6.07 Å². The molecule has 102 valence electrons. The van der Waals surface area contributed by atoms with Gasteiger partial charge in [-0.2, -0.15) is 0 Å². The van der Waals surface area contributed by atoms with Crippen LogP contribution in [0, 0.1) is 14.4 Å². The number of aliphatic hydroxyl groups excluding tert-OH is 2. The molecule has 1 aromatic rings. The van der Waals surface area contributed by atoms with E-state index >= 15 is 0 Å². The third kappa shape index (κ3) is 13.4. The third-order valence-corrected chi connectivity index (χ3v) is 1.39. The third-order valence-electron chi connectivity index (χ3n) is 1.39. The van der Waals surface area contributed by atoms with Crippen LogP contribution in [0.25, 0.3) is 0 Å².